The van der Waals surface area contributed by atoms with E-state index < -0.39 is 28.4 Å². The normalized spacial score (nSPS) is 18.0. The minimum absolute atomic E-state index is 0.0623. The van der Waals surface area contributed by atoms with Gasteiger partial charge in [0.25, 0.3) is 21.8 Å². The number of hydrogen-bond acceptors (Lipinski definition) is 5. The van der Waals surface area contributed by atoms with Crippen LogP contribution in [0, 0.1) is 0 Å². The molecule has 0 saturated carbocycles. The molecule has 2 amide bonds. The van der Waals surface area contributed by atoms with Gasteiger partial charge >= 0.3 is 0 Å². The first-order chi connectivity index (χ1) is 12.5. The van der Waals surface area contributed by atoms with Crippen LogP contribution in [0.25, 0.3) is 0 Å². The fraction of sp³-hybridized carbons (Fsp3) is 0.167. The van der Waals surface area contributed by atoms with Gasteiger partial charge in [-0.3, -0.25) is 9.59 Å². The summed E-state index contributed by atoms with van der Waals surface area (Å²) in [4.78, 5) is 24.8. The lowest BCUT2D eigenvalue weighted by molar-refractivity contribution is -0.130. The van der Waals surface area contributed by atoms with Crippen LogP contribution in [0.5, 0.6) is 0 Å². The van der Waals surface area contributed by atoms with Crippen molar-refractivity contribution in [3.63, 3.8) is 0 Å². The second kappa shape index (κ2) is 6.06. The molecule has 2 aromatic carbocycles. The smallest absolute Gasteiger partial charge is 0.269 e. The van der Waals surface area contributed by atoms with Gasteiger partial charge in [-0.15, -0.1) is 0 Å². The van der Waals surface area contributed by atoms with Crippen LogP contribution in [0.3, 0.4) is 0 Å². The van der Waals surface area contributed by atoms with E-state index in [1.54, 1.807) is 12.1 Å². The molecule has 0 atom stereocenters. The molecule has 132 valence electrons. The molecule has 0 fully saturated rings. The molecule has 4 rings (SSSR count). The van der Waals surface area contributed by atoms with Crippen molar-refractivity contribution in [3.8, 4) is 0 Å². The van der Waals surface area contributed by atoms with Crippen LogP contribution in [-0.4, -0.2) is 48.3 Å². The maximum absolute atomic E-state index is 12.5. The van der Waals surface area contributed by atoms with Crippen molar-refractivity contribution in [1.82, 2.24) is 9.31 Å². The molecule has 2 aliphatic heterocycles. The van der Waals surface area contributed by atoms with Gasteiger partial charge in [0.15, 0.2) is 0 Å². The van der Waals surface area contributed by atoms with E-state index in [4.69, 9.17) is 0 Å². The Balaban J connectivity index is 1.55. The maximum atomic E-state index is 12.5. The Morgan fingerprint density at radius 3 is 2.46 bits per heavy atom. The largest absolute Gasteiger partial charge is 0.271 e. The number of hydrogen-bond donors (Lipinski definition) is 0. The summed E-state index contributed by atoms with van der Waals surface area (Å²) in [6.45, 7) is -0.195. The van der Waals surface area contributed by atoms with Crippen molar-refractivity contribution in [3.05, 3.63) is 65.7 Å². The Hall–Kier alpha value is -3.00. The number of nitrogens with zero attached hydrogens (tertiary/aromatic N) is 3. The number of rotatable bonds is 3. The molecule has 7 nitrogen and oxygen atoms in total. The van der Waals surface area contributed by atoms with E-state index in [0.717, 1.165) is 11.3 Å². The molecule has 26 heavy (non-hydrogen) atoms. The van der Waals surface area contributed by atoms with Crippen molar-refractivity contribution in [2.24, 2.45) is 5.10 Å². The van der Waals surface area contributed by atoms with E-state index >= 15 is 0 Å². The third kappa shape index (κ3) is 2.59. The van der Waals surface area contributed by atoms with E-state index in [-0.39, 0.29) is 10.5 Å². The Kier molecular flexibility index (Phi) is 3.84. The Bertz CT molecular complexity index is 1030. The summed E-state index contributed by atoms with van der Waals surface area (Å²) >= 11 is 0. The minimum atomic E-state index is -4.00. The Labute approximate surface area is 150 Å². The summed E-state index contributed by atoms with van der Waals surface area (Å²) < 4.78 is 25.7. The molecular formula is C18H15N3O4S. The van der Waals surface area contributed by atoms with Crippen LogP contribution in [0.1, 0.15) is 22.3 Å². The van der Waals surface area contributed by atoms with Crippen molar-refractivity contribution in [1.29, 1.82) is 0 Å². The van der Waals surface area contributed by atoms with Crippen LogP contribution < -0.4 is 0 Å². The number of hydrazone groups is 1. The Morgan fingerprint density at radius 2 is 1.73 bits per heavy atom. The lowest BCUT2D eigenvalue weighted by Gasteiger charge is -2.17. The molecular weight excluding hydrogens is 354 g/mol. The molecule has 0 radical (unpaired) electrons. The molecule has 0 bridgehead atoms. The second-order valence-electron chi connectivity index (χ2n) is 5.99. The molecule has 8 heteroatoms. The van der Waals surface area contributed by atoms with Gasteiger partial charge in [0.2, 0.25) is 0 Å². The number of carbonyl (C=O) groups is 2. The van der Waals surface area contributed by atoms with Gasteiger partial charge in [-0.1, -0.05) is 42.5 Å². The molecule has 0 unspecified atom stereocenters. The number of fused-ring (bicyclic) bond motifs is 1. The zero-order chi connectivity index (χ0) is 18.3. The van der Waals surface area contributed by atoms with Gasteiger partial charge < -0.3 is 0 Å². The van der Waals surface area contributed by atoms with E-state index in [2.05, 4.69) is 5.10 Å². The quantitative estimate of drug-likeness (QED) is 0.820. The molecule has 2 aliphatic rings. The monoisotopic (exact) mass is 369 g/mol. The van der Waals surface area contributed by atoms with Crippen LogP contribution in [0.4, 0.5) is 0 Å². The summed E-state index contributed by atoms with van der Waals surface area (Å²) in [5.41, 5.74) is 1.77. The lowest BCUT2D eigenvalue weighted by atomic mass is 10.1. The highest BCUT2D eigenvalue weighted by atomic mass is 32.2. The van der Waals surface area contributed by atoms with Gasteiger partial charge in [0.1, 0.15) is 11.4 Å². The molecule has 2 heterocycles. The third-order valence-corrected chi connectivity index (χ3v) is 6.17. The topological polar surface area (TPSA) is 87.1 Å². The van der Waals surface area contributed by atoms with Gasteiger partial charge in [-0.2, -0.15) is 5.10 Å². The minimum Gasteiger partial charge on any atom is -0.271 e. The van der Waals surface area contributed by atoms with Gasteiger partial charge in [-0.25, -0.2) is 17.7 Å². The number of amides is 2. The zero-order valence-corrected chi connectivity index (χ0v) is 14.5. The van der Waals surface area contributed by atoms with E-state index in [1.807, 2.05) is 30.3 Å². The van der Waals surface area contributed by atoms with E-state index in [0.29, 0.717) is 17.3 Å². The first-order valence-electron chi connectivity index (χ1n) is 8.08. The summed E-state index contributed by atoms with van der Waals surface area (Å²) in [6.07, 6.45) is 0.580. The fourth-order valence-electron chi connectivity index (χ4n) is 3.06. The maximum Gasteiger partial charge on any atom is 0.269 e. The molecule has 0 saturated heterocycles. The van der Waals surface area contributed by atoms with Gasteiger partial charge in [0.05, 0.1) is 17.8 Å². The molecule has 0 aliphatic carbocycles. The molecule has 0 N–H and O–H groups in total. The number of carbonyl (C=O) groups excluding carboxylic acids is 2. The summed E-state index contributed by atoms with van der Waals surface area (Å²) in [7, 11) is -4.00. The summed E-state index contributed by atoms with van der Waals surface area (Å²) in [5, 5.41) is 5.52. The Morgan fingerprint density at radius 1 is 1.04 bits per heavy atom. The standard InChI is InChI=1S/C18H15N3O4S/c22-17(20-11-10-15(19-20)13-6-2-1-3-7-13)12-21-18(23)14-8-4-5-9-16(14)26(21,24)25/h1-9H,10-12H2. The highest BCUT2D eigenvalue weighted by Gasteiger charge is 2.42. The van der Waals surface area contributed by atoms with Gasteiger partial charge in [0, 0.05) is 6.42 Å². The first-order valence-corrected chi connectivity index (χ1v) is 9.52. The molecule has 0 aromatic heterocycles. The van der Waals surface area contributed by atoms with Crippen molar-refractivity contribution in [2.75, 3.05) is 13.1 Å². The summed E-state index contributed by atoms with van der Waals surface area (Å²) in [5.74, 6) is -1.21. The van der Waals surface area contributed by atoms with Crippen molar-refractivity contribution < 1.29 is 18.0 Å². The zero-order valence-electron chi connectivity index (χ0n) is 13.7. The van der Waals surface area contributed by atoms with Crippen molar-refractivity contribution >= 4 is 27.5 Å². The number of sulfonamides is 1. The summed E-state index contributed by atoms with van der Waals surface area (Å²) in [6, 6.07) is 15.4. The van der Waals surface area contributed by atoms with Gasteiger partial charge in [-0.05, 0) is 17.7 Å². The lowest BCUT2D eigenvalue weighted by Crippen LogP contribution is -2.40. The van der Waals surface area contributed by atoms with E-state index in [1.165, 1.54) is 17.1 Å². The average Bonchev–Trinajstić information content (AvgIpc) is 3.22. The highest BCUT2D eigenvalue weighted by Crippen LogP contribution is 2.30. The molecule has 2 aromatic rings. The predicted molar refractivity (Wildman–Crippen MR) is 94.0 cm³/mol. The SMILES string of the molecule is O=C(CN1C(=O)c2ccccc2S1(=O)=O)N1CCC(c2ccccc2)=N1. The van der Waals surface area contributed by atoms with Crippen LogP contribution >= 0.6 is 0 Å². The van der Waals surface area contributed by atoms with E-state index in [9.17, 15) is 18.0 Å². The first kappa shape index (κ1) is 16.5. The third-order valence-electron chi connectivity index (χ3n) is 4.39. The van der Waals surface area contributed by atoms with Crippen LogP contribution in [0.15, 0.2) is 64.6 Å². The predicted octanol–water partition coefficient (Wildman–Crippen LogP) is 1.47. The number of benzene rings is 2. The average molecular weight is 369 g/mol. The molecule has 0 spiro atoms. The highest BCUT2D eigenvalue weighted by molar-refractivity contribution is 7.90. The fourth-order valence-corrected chi connectivity index (χ4v) is 4.58. The second-order valence-corrected chi connectivity index (χ2v) is 7.82. The van der Waals surface area contributed by atoms with Crippen LogP contribution in [0.2, 0.25) is 0 Å². The van der Waals surface area contributed by atoms with Crippen molar-refractivity contribution in [2.45, 2.75) is 11.3 Å². The van der Waals surface area contributed by atoms with Crippen LogP contribution in [-0.2, 0) is 14.8 Å².